The van der Waals surface area contributed by atoms with Gasteiger partial charge in [0, 0.05) is 5.56 Å². The number of benzene rings is 3. The van der Waals surface area contributed by atoms with Crippen molar-refractivity contribution >= 4 is 5.97 Å². The van der Waals surface area contributed by atoms with Gasteiger partial charge in [0.05, 0.1) is 12.2 Å². The number of rotatable bonds is 6. The molecule has 0 aromatic heterocycles. The maximum Gasteiger partial charge on any atom is 0.335 e. The van der Waals surface area contributed by atoms with Crippen LogP contribution in [0.5, 0.6) is 0 Å². The Balaban J connectivity index is 1.81. The molecular formula is C30H33FO3. The van der Waals surface area contributed by atoms with E-state index in [-0.39, 0.29) is 28.8 Å². The average Bonchev–Trinajstić information content (AvgIpc) is 2.79. The summed E-state index contributed by atoms with van der Waals surface area (Å²) in [6.07, 6.45) is 1.78. The normalized spacial score (nSPS) is 17.1. The third kappa shape index (κ3) is 4.65. The summed E-state index contributed by atoms with van der Waals surface area (Å²) in [6, 6.07) is 18.0. The SMILES string of the molecule is Cc1cc2c(cc1C(OCc1ccccc1F)c1ccc(C(=O)O)cc1)C(C)(C)CCC2(C)C. The highest BCUT2D eigenvalue weighted by molar-refractivity contribution is 5.87. The van der Waals surface area contributed by atoms with E-state index < -0.39 is 12.1 Å². The van der Waals surface area contributed by atoms with Crippen LogP contribution < -0.4 is 0 Å². The molecule has 0 aliphatic heterocycles. The van der Waals surface area contributed by atoms with Crippen LogP contribution in [-0.2, 0) is 22.2 Å². The van der Waals surface area contributed by atoms with Gasteiger partial charge in [0.1, 0.15) is 11.9 Å². The minimum absolute atomic E-state index is 0.0383. The lowest BCUT2D eigenvalue weighted by molar-refractivity contribution is 0.0640. The van der Waals surface area contributed by atoms with E-state index >= 15 is 0 Å². The highest BCUT2D eigenvalue weighted by Crippen LogP contribution is 2.47. The number of carboxylic acid groups (broad SMARTS) is 1. The van der Waals surface area contributed by atoms with Gasteiger partial charge in [-0.1, -0.05) is 70.2 Å². The number of aromatic carboxylic acids is 1. The van der Waals surface area contributed by atoms with Crippen LogP contribution in [0.1, 0.15) is 90.4 Å². The molecule has 3 aromatic rings. The largest absolute Gasteiger partial charge is 0.478 e. The van der Waals surface area contributed by atoms with Crippen LogP contribution in [0.4, 0.5) is 4.39 Å². The van der Waals surface area contributed by atoms with E-state index in [2.05, 4.69) is 46.8 Å². The summed E-state index contributed by atoms with van der Waals surface area (Å²) in [5, 5.41) is 9.32. The van der Waals surface area contributed by atoms with Gasteiger partial charge < -0.3 is 9.84 Å². The van der Waals surface area contributed by atoms with E-state index in [0.717, 1.165) is 29.5 Å². The second kappa shape index (κ2) is 8.99. The molecule has 178 valence electrons. The van der Waals surface area contributed by atoms with E-state index in [1.165, 1.54) is 17.2 Å². The number of hydrogen-bond acceptors (Lipinski definition) is 2. The maximum atomic E-state index is 14.3. The zero-order chi connectivity index (χ0) is 24.7. The van der Waals surface area contributed by atoms with Crippen molar-refractivity contribution < 1.29 is 19.0 Å². The molecule has 3 aromatic carbocycles. The number of carboxylic acids is 1. The number of carbonyl (C=O) groups is 1. The van der Waals surface area contributed by atoms with Gasteiger partial charge in [0.15, 0.2) is 0 Å². The Kier molecular flexibility index (Phi) is 6.39. The van der Waals surface area contributed by atoms with Crippen LogP contribution >= 0.6 is 0 Å². The first-order valence-electron chi connectivity index (χ1n) is 11.8. The van der Waals surface area contributed by atoms with Crippen LogP contribution in [0.2, 0.25) is 0 Å². The lowest BCUT2D eigenvalue weighted by Crippen LogP contribution is -2.34. The lowest BCUT2D eigenvalue weighted by atomic mass is 9.62. The molecule has 0 amide bonds. The van der Waals surface area contributed by atoms with Crippen LogP contribution in [0, 0.1) is 12.7 Å². The van der Waals surface area contributed by atoms with E-state index in [4.69, 9.17) is 4.74 Å². The summed E-state index contributed by atoms with van der Waals surface area (Å²) in [7, 11) is 0. The monoisotopic (exact) mass is 460 g/mol. The smallest absolute Gasteiger partial charge is 0.335 e. The van der Waals surface area contributed by atoms with Gasteiger partial charge in [-0.3, -0.25) is 0 Å². The maximum absolute atomic E-state index is 14.3. The summed E-state index contributed by atoms with van der Waals surface area (Å²) in [5.41, 5.74) is 6.54. The molecule has 1 aliphatic carbocycles. The van der Waals surface area contributed by atoms with Gasteiger partial charge in [-0.2, -0.15) is 0 Å². The fourth-order valence-electron chi connectivity index (χ4n) is 4.98. The van der Waals surface area contributed by atoms with E-state index in [9.17, 15) is 14.3 Å². The quantitative estimate of drug-likeness (QED) is 0.415. The van der Waals surface area contributed by atoms with Crippen molar-refractivity contribution in [1.82, 2.24) is 0 Å². The molecule has 4 heteroatoms. The zero-order valence-corrected chi connectivity index (χ0v) is 20.6. The lowest BCUT2D eigenvalue weighted by Gasteiger charge is -2.42. The van der Waals surface area contributed by atoms with Gasteiger partial charge >= 0.3 is 5.97 Å². The molecule has 0 spiro atoms. The van der Waals surface area contributed by atoms with Gasteiger partial charge in [0.2, 0.25) is 0 Å². The van der Waals surface area contributed by atoms with Gasteiger partial charge in [-0.25, -0.2) is 9.18 Å². The van der Waals surface area contributed by atoms with E-state index in [1.54, 1.807) is 42.5 Å². The first-order chi connectivity index (χ1) is 16.0. The van der Waals surface area contributed by atoms with E-state index in [0.29, 0.717) is 5.56 Å². The zero-order valence-electron chi connectivity index (χ0n) is 20.6. The van der Waals surface area contributed by atoms with Crippen molar-refractivity contribution in [3.8, 4) is 0 Å². The summed E-state index contributed by atoms with van der Waals surface area (Å²) < 4.78 is 20.7. The standard InChI is InChI=1S/C30H33FO3/c1-19-16-24-25(30(4,5)15-14-29(24,2)3)17-23(19)27(20-10-12-21(13-11-20)28(32)33)34-18-22-8-6-7-9-26(22)31/h6-13,16-17,27H,14-15,18H2,1-5H3,(H,32,33). The first-order valence-corrected chi connectivity index (χ1v) is 11.8. The second-order valence-electron chi connectivity index (χ2n) is 10.7. The van der Waals surface area contributed by atoms with Gasteiger partial charge in [-0.05, 0) is 76.6 Å². The Bertz CT molecular complexity index is 1210. The molecule has 1 atom stereocenters. The number of halogens is 1. The topological polar surface area (TPSA) is 46.5 Å². The summed E-state index contributed by atoms with van der Waals surface area (Å²) in [4.78, 5) is 11.4. The Morgan fingerprint density at radius 1 is 0.971 bits per heavy atom. The predicted octanol–water partition coefficient (Wildman–Crippen LogP) is 7.49. The number of hydrogen-bond donors (Lipinski definition) is 1. The van der Waals surface area contributed by atoms with Crippen LogP contribution in [0.3, 0.4) is 0 Å². The third-order valence-corrected chi connectivity index (χ3v) is 7.35. The van der Waals surface area contributed by atoms with Gasteiger partial charge in [0.25, 0.3) is 0 Å². The van der Waals surface area contributed by atoms with Crippen molar-refractivity contribution in [2.45, 2.75) is 71.0 Å². The van der Waals surface area contributed by atoms with Crippen LogP contribution in [0.25, 0.3) is 0 Å². The molecular weight excluding hydrogens is 427 g/mol. The molecule has 1 N–H and O–H groups in total. The molecule has 0 saturated carbocycles. The Hall–Kier alpha value is -2.98. The van der Waals surface area contributed by atoms with Crippen molar-refractivity contribution in [3.63, 3.8) is 0 Å². The molecule has 0 fully saturated rings. The van der Waals surface area contributed by atoms with Crippen LogP contribution in [-0.4, -0.2) is 11.1 Å². The number of fused-ring (bicyclic) bond motifs is 1. The number of aryl methyl sites for hydroxylation is 1. The molecule has 3 nitrogen and oxygen atoms in total. The molecule has 0 radical (unpaired) electrons. The molecule has 1 unspecified atom stereocenters. The van der Waals surface area contributed by atoms with Crippen LogP contribution in [0.15, 0.2) is 60.7 Å². The van der Waals surface area contributed by atoms with Crippen molar-refractivity contribution in [2.75, 3.05) is 0 Å². The Morgan fingerprint density at radius 3 is 2.15 bits per heavy atom. The molecule has 34 heavy (non-hydrogen) atoms. The first kappa shape index (κ1) is 24.2. The van der Waals surface area contributed by atoms with Crippen molar-refractivity contribution in [3.05, 3.63) is 105 Å². The Labute approximate surface area is 201 Å². The average molecular weight is 461 g/mol. The minimum atomic E-state index is -0.968. The fourth-order valence-corrected chi connectivity index (χ4v) is 4.98. The molecule has 0 heterocycles. The molecule has 0 bridgehead atoms. The van der Waals surface area contributed by atoms with Crippen molar-refractivity contribution in [2.24, 2.45) is 0 Å². The summed E-state index contributed by atoms with van der Waals surface area (Å²) in [6.45, 7) is 11.4. The highest BCUT2D eigenvalue weighted by Gasteiger charge is 2.38. The highest BCUT2D eigenvalue weighted by atomic mass is 19.1. The fraction of sp³-hybridized carbons (Fsp3) is 0.367. The summed E-state index contributed by atoms with van der Waals surface area (Å²) in [5.74, 6) is -1.27. The third-order valence-electron chi connectivity index (χ3n) is 7.35. The minimum Gasteiger partial charge on any atom is -0.478 e. The van der Waals surface area contributed by atoms with E-state index in [1.807, 2.05) is 0 Å². The Morgan fingerprint density at radius 2 is 1.56 bits per heavy atom. The number of ether oxygens (including phenoxy) is 1. The van der Waals surface area contributed by atoms with Crippen molar-refractivity contribution in [1.29, 1.82) is 0 Å². The molecule has 1 aliphatic rings. The van der Waals surface area contributed by atoms with Gasteiger partial charge in [-0.15, -0.1) is 0 Å². The molecule has 4 rings (SSSR count). The molecule has 0 saturated heterocycles. The second-order valence-corrected chi connectivity index (χ2v) is 10.7. The summed E-state index contributed by atoms with van der Waals surface area (Å²) >= 11 is 0. The predicted molar refractivity (Wildman–Crippen MR) is 133 cm³/mol.